The minimum Gasteiger partial charge on any atom is -0.346 e. The minimum atomic E-state index is -0.619. The van der Waals surface area contributed by atoms with Gasteiger partial charge in [-0.25, -0.2) is 4.98 Å². The summed E-state index contributed by atoms with van der Waals surface area (Å²) in [6, 6.07) is 4.03. The fraction of sp³-hybridized carbons (Fsp3) is 0.333. The highest BCUT2D eigenvalue weighted by molar-refractivity contribution is 9.10. The van der Waals surface area contributed by atoms with Gasteiger partial charge in [0, 0.05) is 4.47 Å². The van der Waals surface area contributed by atoms with E-state index in [9.17, 15) is 0 Å². The van der Waals surface area contributed by atoms with Crippen LogP contribution in [0.25, 0.3) is 0 Å². The number of nitrogens with one attached hydrogen (secondary N) is 2. The number of aromatic nitrogens is 2. The summed E-state index contributed by atoms with van der Waals surface area (Å²) >= 11 is 15.6. The molecule has 3 rings (SSSR count). The monoisotopic (exact) mass is 432 g/mol. The molecule has 0 radical (unpaired) electrons. The van der Waals surface area contributed by atoms with Gasteiger partial charge < -0.3 is 9.47 Å². The number of ether oxygens (including phenoxy) is 2. The zero-order valence-corrected chi connectivity index (χ0v) is 16.1. The molecule has 0 aliphatic carbocycles. The number of hydrogen-bond donors (Lipinski definition) is 2. The Labute approximate surface area is 158 Å². The van der Waals surface area contributed by atoms with Crippen LogP contribution in [0.4, 0.5) is 11.5 Å². The van der Waals surface area contributed by atoms with E-state index in [-0.39, 0.29) is 10.4 Å². The molecule has 0 atom stereocenters. The maximum Gasteiger partial charge on any atom is 0.225 e. The number of hydrazine groups is 1. The van der Waals surface area contributed by atoms with Crippen LogP contribution in [0.2, 0.25) is 10.4 Å². The zero-order chi connectivity index (χ0) is 17.3. The molecule has 1 fully saturated rings. The summed E-state index contributed by atoms with van der Waals surface area (Å²) < 4.78 is 12.0. The van der Waals surface area contributed by atoms with Crippen molar-refractivity contribution in [3.63, 3.8) is 0 Å². The maximum atomic E-state index is 6.21. The lowest BCUT2D eigenvalue weighted by Gasteiger charge is -2.19. The van der Waals surface area contributed by atoms with Crippen molar-refractivity contribution >= 4 is 50.6 Å². The van der Waals surface area contributed by atoms with Crippen LogP contribution in [0.1, 0.15) is 23.0 Å². The van der Waals surface area contributed by atoms with Gasteiger partial charge in [-0.3, -0.25) is 10.9 Å². The van der Waals surface area contributed by atoms with Gasteiger partial charge in [0.05, 0.1) is 24.5 Å². The lowest BCUT2D eigenvalue weighted by atomic mass is 10.1. The van der Waals surface area contributed by atoms with E-state index in [0.717, 1.165) is 21.3 Å². The molecule has 9 heteroatoms. The average Bonchev–Trinajstić information content (AvgIpc) is 2.99. The van der Waals surface area contributed by atoms with Crippen LogP contribution >= 0.6 is 39.1 Å². The SMILES string of the molecule is Cc1cc(Br)cc(C)c1NNc1nc(Cl)nc(Cl)c1C1OCCO1. The summed E-state index contributed by atoms with van der Waals surface area (Å²) in [4.78, 5) is 8.16. The van der Waals surface area contributed by atoms with Gasteiger partial charge in [0.15, 0.2) is 12.1 Å². The minimum absolute atomic E-state index is 0.0373. The quantitative estimate of drug-likeness (QED) is 0.415. The molecular formula is C15H15BrCl2N4O2. The molecule has 1 aliphatic rings. The molecule has 2 N–H and O–H groups in total. The van der Waals surface area contributed by atoms with Gasteiger partial charge in [0.2, 0.25) is 5.28 Å². The molecule has 2 aromatic rings. The van der Waals surface area contributed by atoms with Gasteiger partial charge in [-0.1, -0.05) is 27.5 Å². The van der Waals surface area contributed by atoms with E-state index in [2.05, 4.69) is 36.7 Å². The largest absolute Gasteiger partial charge is 0.346 e. The molecule has 6 nitrogen and oxygen atoms in total. The van der Waals surface area contributed by atoms with Crippen molar-refractivity contribution < 1.29 is 9.47 Å². The van der Waals surface area contributed by atoms with Crippen molar-refractivity contribution in [1.29, 1.82) is 0 Å². The highest BCUT2D eigenvalue weighted by atomic mass is 79.9. The van der Waals surface area contributed by atoms with Gasteiger partial charge in [0.1, 0.15) is 5.15 Å². The molecule has 24 heavy (non-hydrogen) atoms. The highest BCUT2D eigenvalue weighted by Gasteiger charge is 2.27. The van der Waals surface area contributed by atoms with Crippen LogP contribution in [-0.4, -0.2) is 23.2 Å². The Morgan fingerprint density at radius 1 is 1.08 bits per heavy atom. The van der Waals surface area contributed by atoms with E-state index >= 15 is 0 Å². The molecule has 0 bridgehead atoms. The van der Waals surface area contributed by atoms with Crippen LogP contribution in [0.5, 0.6) is 0 Å². The predicted molar refractivity (Wildman–Crippen MR) is 97.6 cm³/mol. The van der Waals surface area contributed by atoms with Crippen molar-refractivity contribution in [2.24, 2.45) is 0 Å². The van der Waals surface area contributed by atoms with Crippen LogP contribution in [0.15, 0.2) is 16.6 Å². The number of hydrogen-bond acceptors (Lipinski definition) is 6. The van der Waals surface area contributed by atoms with Crippen molar-refractivity contribution in [3.8, 4) is 0 Å². The second kappa shape index (κ2) is 7.41. The Kier molecular flexibility index (Phi) is 5.46. The first kappa shape index (κ1) is 17.7. The van der Waals surface area contributed by atoms with E-state index in [1.807, 2.05) is 26.0 Å². The summed E-state index contributed by atoms with van der Waals surface area (Å²) in [5.41, 5.74) is 9.77. The van der Waals surface area contributed by atoms with Crippen molar-refractivity contribution in [2.45, 2.75) is 20.1 Å². The molecule has 1 aliphatic heterocycles. The molecule has 1 aromatic carbocycles. The number of aryl methyl sites for hydroxylation is 2. The molecule has 0 spiro atoms. The molecule has 2 heterocycles. The Bertz CT molecular complexity index is 746. The Balaban J connectivity index is 1.90. The second-order valence-corrected chi connectivity index (χ2v) is 6.90. The lowest BCUT2D eigenvalue weighted by Crippen LogP contribution is -2.16. The Morgan fingerprint density at radius 2 is 1.71 bits per heavy atom. The second-order valence-electron chi connectivity index (χ2n) is 5.28. The first-order valence-corrected chi connectivity index (χ1v) is 8.75. The fourth-order valence-corrected chi connectivity index (χ4v) is 3.63. The van der Waals surface area contributed by atoms with E-state index in [1.165, 1.54) is 0 Å². The molecule has 128 valence electrons. The topological polar surface area (TPSA) is 68.3 Å². The number of benzene rings is 1. The van der Waals surface area contributed by atoms with Gasteiger partial charge in [0.25, 0.3) is 0 Å². The van der Waals surface area contributed by atoms with Crippen molar-refractivity contribution in [2.75, 3.05) is 24.1 Å². The number of halogens is 3. The molecular weight excluding hydrogens is 419 g/mol. The molecule has 0 amide bonds. The van der Waals surface area contributed by atoms with Crippen molar-refractivity contribution in [1.82, 2.24) is 9.97 Å². The average molecular weight is 434 g/mol. The predicted octanol–water partition coefficient (Wildman–Crippen LogP) is 4.65. The summed E-state index contributed by atoms with van der Waals surface area (Å²) in [5.74, 6) is 0.411. The molecule has 1 aromatic heterocycles. The lowest BCUT2D eigenvalue weighted by molar-refractivity contribution is -0.0439. The van der Waals surface area contributed by atoms with Gasteiger partial charge in [-0.2, -0.15) is 4.98 Å². The van der Waals surface area contributed by atoms with Crippen LogP contribution in [0, 0.1) is 13.8 Å². The van der Waals surface area contributed by atoms with E-state index < -0.39 is 6.29 Å². The number of anilines is 2. The van der Waals surface area contributed by atoms with Gasteiger partial charge >= 0.3 is 0 Å². The van der Waals surface area contributed by atoms with Gasteiger partial charge in [-0.05, 0) is 48.7 Å². The fourth-order valence-electron chi connectivity index (χ4n) is 2.48. The molecule has 1 saturated heterocycles. The smallest absolute Gasteiger partial charge is 0.225 e. The Morgan fingerprint density at radius 3 is 2.33 bits per heavy atom. The van der Waals surface area contributed by atoms with Crippen LogP contribution in [-0.2, 0) is 9.47 Å². The number of nitrogens with zero attached hydrogens (tertiary/aromatic N) is 2. The summed E-state index contributed by atoms with van der Waals surface area (Å²) in [5, 5.41) is 0.228. The molecule has 0 saturated carbocycles. The highest BCUT2D eigenvalue weighted by Crippen LogP contribution is 2.34. The Hall–Kier alpha value is -1.12. The summed E-state index contributed by atoms with van der Waals surface area (Å²) in [6.07, 6.45) is -0.619. The third-order valence-corrected chi connectivity index (χ3v) is 4.45. The van der Waals surface area contributed by atoms with Crippen LogP contribution in [0.3, 0.4) is 0 Å². The standard InChI is InChI=1S/C15H15BrCl2N4O2/c1-7-5-9(16)6-8(2)11(7)21-22-13-10(14-23-3-4-24-14)12(17)19-15(18)20-13/h5-6,14,21H,3-4H2,1-2H3,(H,19,20,22). The van der Waals surface area contributed by atoms with E-state index in [0.29, 0.717) is 24.6 Å². The van der Waals surface area contributed by atoms with Crippen LogP contribution < -0.4 is 10.9 Å². The summed E-state index contributed by atoms with van der Waals surface area (Å²) in [6.45, 7) is 4.99. The van der Waals surface area contributed by atoms with Crippen molar-refractivity contribution in [3.05, 3.63) is 43.7 Å². The third-order valence-electron chi connectivity index (χ3n) is 3.53. The third kappa shape index (κ3) is 3.75. The maximum absolute atomic E-state index is 6.21. The van der Waals surface area contributed by atoms with E-state index in [1.54, 1.807) is 0 Å². The summed E-state index contributed by atoms with van der Waals surface area (Å²) in [7, 11) is 0. The first-order valence-electron chi connectivity index (χ1n) is 7.20. The zero-order valence-electron chi connectivity index (χ0n) is 13.0. The van der Waals surface area contributed by atoms with Gasteiger partial charge in [-0.15, -0.1) is 0 Å². The van der Waals surface area contributed by atoms with E-state index in [4.69, 9.17) is 32.7 Å². The first-order chi connectivity index (χ1) is 11.5. The number of rotatable bonds is 4. The normalized spacial score (nSPS) is 14.9. The molecule has 0 unspecified atom stereocenters.